The van der Waals surface area contributed by atoms with Crippen molar-refractivity contribution in [2.75, 3.05) is 0 Å². The van der Waals surface area contributed by atoms with Crippen LogP contribution in [0.2, 0.25) is 0 Å². The molecule has 2 aliphatic rings. The topological polar surface area (TPSA) is 89.2 Å². The molecule has 0 bridgehead atoms. The molecule has 1 aromatic heterocycles. The Morgan fingerprint density at radius 1 is 1.00 bits per heavy atom. The second-order valence-corrected chi connectivity index (χ2v) is 9.81. The van der Waals surface area contributed by atoms with Gasteiger partial charge in [0.05, 0.1) is 24.4 Å². The molecule has 196 valence electrons. The molecule has 2 unspecified atom stereocenters. The summed E-state index contributed by atoms with van der Waals surface area (Å²) in [6, 6.07) is 25.0. The van der Waals surface area contributed by atoms with E-state index in [0.29, 0.717) is 35.7 Å². The molecule has 1 N–H and O–H groups in total. The Kier molecular flexibility index (Phi) is 6.40. The van der Waals surface area contributed by atoms with Crippen LogP contribution < -0.4 is 9.47 Å². The normalized spacial score (nSPS) is 19.7. The summed E-state index contributed by atoms with van der Waals surface area (Å²) in [4.78, 5) is 28.2. The highest BCUT2D eigenvalue weighted by Crippen LogP contribution is 2.42. The fourth-order valence-electron chi connectivity index (χ4n) is 5.20. The lowest BCUT2D eigenvalue weighted by Gasteiger charge is -2.25. The molecule has 1 saturated heterocycles. The van der Waals surface area contributed by atoms with Gasteiger partial charge in [-0.25, -0.2) is 0 Å². The molecule has 3 aromatic carbocycles. The van der Waals surface area contributed by atoms with Crippen molar-refractivity contribution in [3.05, 3.63) is 125 Å². The Morgan fingerprint density at radius 2 is 1.85 bits per heavy atom. The summed E-state index contributed by atoms with van der Waals surface area (Å²) in [7, 11) is 0. The van der Waals surface area contributed by atoms with Gasteiger partial charge in [-0.1, -0.05) is 42.5 Å². The molecule has 0 saturated carbocycles. The van der Waals surface area contributed by atoms with E-state index >= 15 is 0 Å². The molecule has 3 heterocycles. The minimum absolute atomic E-state index is 0.0266. The van der Waals surface area contributed by atoms with E-state index < -0.39 is 17.7 Å². The van der Waals surface area contributed by atoms with Crippen LogP contribution in [0, 0.1) is 0 Å². The summed E-state index contributed by atoms with van der Waals surface area (Å²) in [6.45, 7) is 2.42. The van der Waals surface area contributed by atoms with Gasteiger partial charge in [0.2, 0.25) is 0 Å². The van der Waals surface area contributed by atoms with Gasteiger partial charge in [-0.3, -0.25) is 9.59 Å². The predicted molar refractivity (Wildman–Crippen MR) is 144 cm³/mol. The zero-order valence-electron chi connectivity index (χ0n) is 21.4. The van der Waals surface area contributed by atoms with Crippen molar-refractivity contribution in [2.24, 2.45) is 0 Å². The number of carbonyl (C=O) groups excluding carboxylic acids is 2. The molecule has 7 nitrogen and oxygen atoms in total. The van der Waals surface area contributed by atoms with E-state index in [1.807, 2.05) is 61.5 Å². The van der Waals surface area contributed by atoms with Crippen LogP contribution in [0.25, 0.3) is 5.76 Å². The maximum absolute atomic E-state index is 13.4. The molecule has 4 aromatic rings. The fourth-order valence-corrected chi connectivity index (χ4v) is 5.20. The van der Waals surface area contributed by atoms with E-state index in [9.17, 15) is 14.7 Å². The van der Waals surface area contributed by atoms with Crippen molar-refractivity contribution >= 4 is 17.4 Å². The number of ketones is 1. The lowest BCUT2D eigenvalue weighted by molar-refractivity contribution is -0.140. The summed E-state index contributed by atoms with van der Waals surface area (Å²) in [6.07, 6.45) is 2.26. The van der Waals surface area contributed by atoms with Crippen LogP contribution in [-0.2, 0) is 29.2 Å². The Hall–Kier alpha value is -4.78. The van der Waals surface area contributed by atoms with Crippen molar-refractivity contribution in [1.29, 1.82) is 0 Å². The Balaban J connectivity index is 1.40. The smallest absolute Gasteiger partial charge is 0.296 e. The third-order valence-electron chi connectivity index (χ3n) is 7.04. The van der Waals surface area contributed by atoms with Crippen LogP contribution in [-0.4, -0.2) is 27.8 Å². The highest BCUT2D eigenvalue weighted by Gasteiger charge is 2.46. The summed E-state index contributed by atoms with van der Waals surface area (Å²) < 4.78 is 17.3. The Bertz CT molecular complexity index is 1560. The van der Waals surface area contributed by atoms with Crippen LogP contribution in [0.15, 0.2) is 101 Å². The lowest BCUT2D eigenvalue weighted by Crippen LogP contribution is -2.29. The number of likely N-dealkylation sites (tertiary alicyclic amines) is 1. The van der Waals surface area contributed by atoms with Crippen molar-refractivity contribution in [3.8, 4) is 11.5 Å². The van der Waals surface area contributed by atoms with E-state index in [1.54, 1.807) is 30.3 Å². The zero-order chi connectivity index (χ0) is 26.9. The average Bonchev–Trinajstić information content (AvgIpc) is 3.66. The first-order valence-corrected chi connectivity index (χ1v) is 12.9. The molecule has 2 atom stereocenters. The minimum Gasteiger partial charge on any atom is -0.507 e. The first-order chi connectivity index (χ1) is 19.0. The monoisotopic (exact) mass is 521 g/mol. The van der Waals surface area contributed by atoms with E-state index in [0.717, 1.165) is 16.9 Å². The van der Waals surface area contributed by atoms with Gasteiger partial charge in [-0.15, -0.1) is 0 Å². The van der Waals surface area contributed by atoms with Gasteiger partial charge in [0.25, 0.3) is 11.7 Å². The quantitative estimate of drug-likeness (QED) is 0.188. The SMILES string of the molecule is CC1Cc2cc(/C(O)=C3/C(=O)C(=O)N(Cc4ccco4)C3c3cccc(OCc4ccccc4)c3)ccc2O1. The summed E-state index contributed by atoms with van der Waals surface area (Å²) in [5.41, 5.74) is 3.10. The number of fused-ring (bicyclic) bond motifs is 1. The Labute approximate surface area is 225 Å². The molecular weight excluding hydrogens is 494 g/mol. The fraction of sp³-hybridized carbons (Fsp3) is 0.188. The number of Topliss-reactive ketones (excluding diaryl/α,β-unsaturated/α-hetero) is 1. The molecule has 7 heteroatoms. The third-order valence-corrected chi connectivity index (χ3v) is 7.04. The highest BCUT2D eigenvalue weighted by molar-refractivity contribution is 6.46. The molecule has 0 spiro atoms. The number of furan rings is 1. The van der Waals surface area contributed by atoms with Crippen molar-refractivity contribution in [3.63, 3.8) is 0 Å². The molecule has 2 aliphatic heterocycles. The largest absolute Gasteiger partial charge is 0.507 e. The number of rotatable bonds is 7. The third kappa shape index (κ3) is 4.79. The van der Waals surface area contributed by atoms with E-state index in [2.05, 4.69) is 0 Å². The Morgan fingerprint density at radius 3 is 2.64 bits per heavy atom. The average molecular weight is 522 g/mol. The summed E-state index contributed by atoms with van der Waals surface area (Å²) in [5.74, 6) is 0.206. The second-order valence-electron chi connectivity index (χ2n) is 9.81. The van der Waals surface area contributed by atoms with Gasteiger partial charge in [-0.2, -0.15) is 0 Å². The predicted octanol–water partition coefficient (Wildman–Crippen LogP) is 5.80. The van der Waals surface area contributed by atoms with Gasteiger partial charge >= 0.3 is 0 Å². The number of amides is 1. The maximum Gasteiger partial charge on any atom is 0.296 e. The number of aliphatic hydroxyl groups is 1. The van der Waals surface area contributed by atoms with Crippen LogP contribution in [0.3, 0.4) is 0 Å². The van der Waals surface area contributed by atoms with Crippen LogP contribution >= 0.6 is 0 Å². The van der Waals surface area contributed by atoms with Crippen LogP contribution in [0.5, 0.6) is 11.5 Å². The number of ether oxygens (including phenoxy) is 2. The lowest BCUT2D eigenvalue weighted by atomic mass is 9.94. The van der Waals surface area contributed by atoms with Gasteiger partial charge in [0.1, 0.15) is 35.7 Å². The minimum atomic E-state index is -0.834. The van der Waals surface area contributed by atoms with E-state index in [1.165, 1.54) is 11.2 Å². The van der Waals surface area contributed by atoms with Crippen molar-refractivity contribution in [1.82, 2.24) is 4.90 Å². The maximum atomic E-state index is 13.4. The van der Waals surface area contributed by atoms with Gasteiger partial charge in [-0.05, 0) is 66.1 Å². The number of hydrogen-bond acceptors (Lipinski definition) is 6. The number of benzene rings is 3. The van der Waals surface area contributed by atoms with Crippen LogP contribution in [0.1, 0.15) is 41.0 Å². The van der Waals surface area contributed by atoms with Gasteiger partial charge < -0.3 is 23.9 Å². The molecule has 39 heavy (non-hydrogen) atoms. The van der Waals surface area contributed by atoms with E-state index in [4.69, 9.17) is 13.9 Å². The molecule has 0 aliphatic carbocycles. The molecule has 0 radical (unpaired) electrons. The molecule has 1 amide bonds. The van der Waals surface area contributed by atoms with Gasteiger partial charge in [0, 0.05) is 12.0 Å². The number of aliphatic hydroxyl groups excluding tert-OH is 1. The summed E-state index contributed by atoms with van der Waals surface area (Å²) >= 11 is 0. The van der Waals surface area contributed by atoms with Crippen molar-refractivity contribution < 1.29 is 28.6 Å². The number of carbonyl (C=O) groups is 2. The van der Waals surface area contributed by atoms with Gasteiger partial charge in [0.15, 0.2) is 0 Å². The molecule has 1 fully saturated rings. The first kappa shape index (κ1) is 24.6. The first-order valence-electron chi connectivity index (χ1n) is 12.9. The number of nitrogens with zero attached hydrogens (tertiary/aromatic N) is 1. The van der Waals surface area contributed by atoms with Crippen LogP contribution in [0.4, 0.5) is 0 Å². The number of hydrogen-bond donors (Lipinski definition) is 1. The van der Waals surface area contributed by atoms with Crippen molar-refractivity contribution in [2.45, 2.75) is 38.6 Å². The summed E-state index contributed by atoms with van der Waals surface area (Å²) in [5, 5.41) is 11.5. The zero-order valence-corrected chi connectivity index (χ0v) is 21.4. The second kappa shape index (κ2) is 10.2. The standard InChI is InChI=1S/C32H27NO6/c1-20-15-24-16-23(12-13-27(24)39-20)30(34)28-29(33(32(36)31(28)35)18-26-11-6-14-37-26)22-9-5-10-25(17-22)38-19-21-7-3-2-4-8-21/h2-14,16-17,20,29,34H,15,18-19H2,1H3/b30-28-. The molecule has 6 rings (SSSR count). The molecular formula is C32H27NO6. The highest BCUT2D eigenvalue weighted by atomic mass is 16.5. The van der Waals surface area contributed by atoms with E-state index in [-0.39, 0.29) is 24.0 Å².